The molecule has 0 aromatic carbocycles. The van der Waals surface area contributed by atoms with Crippen LogP contribution in [0.3, 0.4) is 0 Å². The molecule has 0 bridgehead atoms. The number of piperidine rings is 1. The van der Waals surface area contributed by atoms with Crippen molar-refractivity contribution < 1.29 is 4.79 Å². The van der Waals surface area contributed by atoms with Crippen molar-refractivity contribution in [2.75, 3.05) is 18.0 Å². The predicted molar refractivity (Wildman–Crippen MR) is 99.3 cm³/mol. The maximum Gasteiger partial charge on any atom is 0.275 e. The Morgan fingerprint density at radius 2 is 2.28 bits per heavy atom. The van der Waals surface area contributed by atoms with Crippen molar-refractivity contribution in [2.45, 2.75) is 52.5 Å². The number of carbonyl (C=O) groups is 1. The molecule has 7 nitrogen and oxygen atoms in total. The molecule has 2 aromatic rings. The Morgan fingerprint density at radius 1 is 1.48 bits per heavy atom. The molecule has 2 aromatic heterocycles. The van der Waals surface area contributed by atoms with Crippen molar-refractivity contribution >= 4 is 27.3 Å². The highest BCUT2D eigenvalue weighted by Crippen LogP contribution is 2.25. The number of carbonyl (C=O) groups excluding carboxylic acids is 1. The zero-order chi connectivity index (χ0) is 18.0. The first-order valence-electron chi connectivity index (χ1n) is 8.93. The maximum absolute atomic E-state index is 12.2. The second-order valence-corrected chi connectivity index (χ2v) is 7.80. The second kappa shape index (κ2) is 7.51. The SMILES string of the molecule is CCCc1cc(=O)n2nc(N3CCCC(NC(=O)C(C)C)C3)sc2n1. The van der Waals surface area contributed by atoms with Crippen LogP contribution in [0, 0.1) is 5.92 Å². The molecule has 25 heavy (non-hydrogen) atoms. The van der Waals surface area contributed by atoms with Crippen LogP contribution in [-0.4, -0.2) is 39.6 Å². The summed E-state index contributed by atoms with van der Waals surface area (Å²) in [6.45, 7) is 7.46. The molecule has 1 saturated heterocycles. The van der Waals surface area contributed by atoms with Gasteiger partial charge >= 0.3 is 0 Å². The van der Waals surface area contributed by atoms with E-state index < -0.39 is 0 Å². The zero-order valence-corrected chi connectivity index (χ0v) is 15.8. The Hall–Kier alpha value is -1.96. The fourth-order valence-corrected chi connectivity index (χ4v) is 3.96. The Morgan fingerprint density at radius 3 is 3.00 bits per heavy atom. The van der Waals surface area contributed by atoms with Gasteiger partial charge in [0.25, 0.3) is 5.56 Å². The van der Waals surface area contributed by atoms with Crippen LogP contribution in [0.25, 0.3) is 4.96 Å². The molecule has 1 aliphatic heterocycles. The number of amides is 1. The Bertz CT molecular complexity index is 813. The minimum absolute atomic E-state index is 0.0161. The molecule has 1 N–H and O–H groups in total. The van der Waals surface area contributed by atoms with Crippen LogP contribution in [0.5, 0.6) is 0 Å². The normalized spacial score (nSPS) is 18.1. The van der Waals surface area contributed by atoms with Crippen molar-refractivity contribution in [3.63, 3.8) is 0 Å². The van der Waals surface area contributed by atoms with E-state index in [4.69, 9.17) is 0 Å². The topological polar surface area (TPSA) is 79.6 Å². The van der Waals surface area contributed by atoms with E-state index in [0.29, 0.717) is 4.96 Å². The molecule has 0 radical (unpaired) electrons. The maximum atomic E-state index is 12.2. The van der Waals surface area contributed by atoms with Gasteiger partial charge in [-0.1, -0.05) is 38.5 Å². The van der Waals surface area contributed by atoms with E-state index in [1.54, 1.807) is 6.07 Å². The molecule has 0 spiro atoms. The van der Waals surface area contributed by atoms with Crippen molar-refractivity contribution in [1.82, 2.24) is 19.9 Å². The quantitative estimate of drug-likeness (QED) is 0.877. The average molecular weight is 363 g/mol. The van der Waals surface area contributed by atoms with Gasteiger partial charge in [-0.15, -0.1) is 5.10 Å². The van der Waals surface area contributed by atoms with E-state index >= 15 is 0 Å². The van der Waals surface area contributed by atoms with E-state index in [-0.39, 0.29) is 23.4 Å². The smallest absolute Gasteiger partial charge is 0.275 e. The van der Waals surface area contributed by atoms with E-state index in [1.165, 1.54) is 15.9 Å². The van der Waals surface area contributed by atoms with E-state index in [1.807, 2.05) is 13.8 Å². The number of nitrogens with one attached hydrogen (secondary N) is 1. The molecule has 8 heteroatoms. The standard InChI is InChI=1S/C17H25N5O2S/c1-4-6-12-9-14(23)22-16(19-12)25-17(20-22)21-8-5-7-13(10-21)18-15(24)11(2)3/h9,11,13H,4-8,10H2,1-3H3,(H,18,24). The van der Waals surface area contributed by atoms with Crippen LogP contribution in [-0.2, 0) is 11.2 Å². The number of nitrogens with zero attached hydrogens (tertiary/aromatic N) is 4. The summed E-state index contributed by atoms with van der Waals surface area (Å²) in [5.74, 6) is 0.0656. The van der Waals surface area contributed by atoms with Gasteiger partial charge in [0.2, 0.25) is 16.0 Å². The highest BCUT2D eigenvalue weighted by Gasteiger charge is 2.25. The molecule has 3 heterocycles. The highest BCUT2D eigenvalue weighted by molar-refractivity contribution is 7.20. The molecule has 1 aliphatic rings. The second-order valence-electron chi connectivity index (χ2n) is 6.86. The summed E-state index contributed by atoms with van der Waals surface area (Å²) < 4.78 is 1.38. The number of hydrogen-bond acceptors (Lipinski definition) is 6. The average Bonchev–Trinajstić information content (AvgIpc) is 3.00. The van der Waals surface area contributed by atoms with Crippen LogP contribution in [0.1, 0.15) is 45.7 Å². The first-order valence-corrected chi connectivity index (χ1v) is 9.74. The molecule has 1 unspecified atom stereocenters. The van der Waals surface area contributed by atoms with Gasteiger partial charge < -0.3 is 10.2 Å². The van der Waals surface area contributed by atoms with Gasteiger partial charge in [0.1, 0.15) is 0 Å². The minimum atomic E-state index is -0.127. The van der Waals surface area contributed by atoms with Gasteiger partial charge in [-0.2, -0.15) is 4.52 Å². The Labute approximate surface area is 151 Å². The lowest BCUT2D eigenvalue weighted by atomic mass is 10.1. The predicted octanol–water partition coefficient (Wildman–Crippen LogP) is 1.84. The lowest BCUT2D eigenvalue weighted by Crippen LogP contribution is -2.48. The van der Waals surface area contributed by atoms with Gasteiger partial charge in [-0.05, 0) is 19.3 Å². The molecule has 1 atom stereocenters. The summed E-state index contributed by atoms with van der Waals surface area (Å²) in [6.07, 6.45) is 3.71. The zero-order valence-electron chi connectivity index (χ0n) is 15.0. The van der Waals surface area contributed by atoms with E-state index in [2.05, 4.69) is 27.2 Å². The molecular weight excluding hydrogens is 338 g/mol. The van der Waals surface area contributed by atoms with Gasteiger partial charge in [0, 0.05) is 36.8 Å². The van der Waals surface area contributed by atoms with Gasteiger partial charge in [0.15, 0.2) is 0 Å². The molecular formula is C17H25N5O2S. The molecule has 0 saturated carbocycles. The third-order valence-corrected chi connectivity index (χ3v) is 5.33. The first-order chi connectivity index (χ1) is 12.0. The van der Waals surface area contributed by atoms with Crippen LogP contribution >= 0.6 is 11.3 Å². The minimum Gasteiger partial charge on any atom is -0.351 e. The van der Waals surface area contributed by atoms with Crippen LogP contribution in [0.15, 0.2) is 10.9 Å². The molecule has 1 amide bonds. The van der Waals surface area contributed by atoms with Gasteiger partial charge in [-0.25, -0.2) is 4.98 Å². The summed E-state index contributed by atoms with van der Waals surface area (Å²) in [5, 5.41) is 8.35. The summed E-state index contributed by atoms with van der Waals surface area (Å²) in [6, 6.07) is 1.69. The molecule has 0 aliphatic carbocycles. The van der Waals surface area contributed by atoms with Crippen LogP contribution in [0.2, 0.25) is 0 Å². The molecule has 1 fully saturated rings. The first kappa shape index (κ1) is 17.8. The summed E-state index contributed by atoms with van der Waals surface area (Å²) in [5.41, 5.74) is 0.695. The van der Waals surface area contributed by atoms with Gasteiger partial charge in [0.05, 0.1) is 0 Å². The van der Waals surface area contributed by atoms with E-state index in [9.17, 15) is 9.59 Å². The van der Waals surface area contributed by atoms with Crippen molar-refractivity contribution in [3.05, 3.63) is 22.1 Å². The summed E-state index contributed by atoms with van der Waals surface area (Å²) in [7, 11) is 0. The van der Waals surface area contributed by atoms with Crippen LogP contribution < -0.4 is 15.8 Å². The highest BCUT2D eigenvalue weighted by atomic mass is 32.1. The fraction of sp³-hybridized carbons (Fsp3) is 0.647. The van der Waals surface area contributed by atoms with E-state index in [0.717, 1.165) is 49.6 Å². The molecule has 3 rings (SSSR count). The Kier molecular flexibility index (Phi) is 5.36. The summed E-state index contributed by atoms with van der Waals surface area (Å²) in [4.78, 5) is 31.5. The monoisotopic (exact) mass is 363 g/mol. The van der Waals surface area contributed by atoms with Gasteiger partial charge in [-0.3, -0.25) is 9.59 Å². The molecule has 136 valence electrons. The largest absolute Gasteiger partial charge is 0.351 e. The fourth-order valence-electron chi connectivity index (χ4n) is 2.99. The third-order valence-electron chi connectivity index (χ3n) is 4.36. The third kappa shape index (κ3) is 4.00. The number of aromatic nitrogens is 3. The van der Waals surface area contributed by atoms with Crippen molar-refractivity contribution in [1.29, 1.82) is 0 Å². The number of fused-ring (bicyclic) bond motifs is 1. The van der Waals surface area contributed by atoms with Crippen molar-refractivity contribution in [2.24, 2.45) is 5.92 Å². The lowest BCUT2D eigenvalue weighted by Gasteiger charge is -2.33. The summed E-state index contributed by atoms with van der Waals surface area (Å²) >= 11 is 1.44. The van der Waals surface area contributed by atoms with Crippen LogP contribution in [0.4, 0.5) is 5.13 Å². The Balaban J connectivity index is 1.80. The number of anilines is 1. The number of rotatable bonds is 5. The number of aryl methyl sites for hydroxylation is 1. The van der Waals surface area contributed by atoms with Crippen molar-refractivity contribution in [3.8, 4) is 0 Å². The number of hydrogen-bond donors (Lipinski definition) is 1. The lowest BCUT2D eigenvalue weighted by molar-refractivity contribution is -0.124.